The van der Waals surface area contributed by atoms with Crippen LogP contribution < -0.4 is 5.32 Å². The van der Waals surface area contributed by atoms with E-state index < -0.39 is 0 Å². The Morgan fingerprint density at radius 3 is 2.29 bits per heavy atom. The Bertz CT molecular complexity index is 658. The van der Waals surface area contributed by atoms with E-state index in [2.05, 4.69) is 18.3 Å². The van der Waals surface area contributed by atoms with Crippen molar-refractivity contribution >= 4 is 12.0 Å². The van der Waals surface area contributed by atoms with Crippen LogP contribution in [0, 0.1) is 13.8 Å². The fourth-order valence-electron chi connectivity index (χ4n) is 2.35. The third-order valence-corrected chi connectivity index (χ3v) is 3.62. The molecule has 0 saturated carbocycles. The van der Waals surface area contributed by atoms with Crippen LogP contribution in [0.15, 0.2) is 54.6 Å². The van der Waals surface area contributed by atoms with Gasteiger partial charge in [-0.05, 0) is 49.1 Å². The predicted octanol–water partition coefficient (Wildman–Crippen LogP) is 4.19. The highest BCUT2D eigenvalue weighted by Gasteiger charge is 2.09. The van der Waals surface area contributed by atoms with Gasteiger partial charge in [0.25, 0.3) is 0 Å². The van der Waals surface area contributed by atoms with E-state index in [4.69, 9.17) is 0 Å². The van der Waals surface area contributed by atoms with E-state index >= 15 is 0 Å². The molecule has 108 valence electrons. The highest BCUT2D eigenvalue weighted by atomic mass is 16.1. The maximum atomic E-state index is 12.0. The van der Waals surface area contributed by atoms with Gasteiger partial charge in [-0.3, -0.25) is 4.79 Å². The van der Waals surface area contributed by atoms with Crippen molar-refractivity contribution < 1.29 is 4.79 Å². The fraction of sp³-hybridized carbons (Fsp3) is 0.211. The first-order valence-corrected chi connectivity index (χ1v) is 7.17. The van der Waals surface area contributed by atoms with E-state index in [9.17, 15) is 4.79 Å². The van der Waals surface area contributed by atoms with Crippen molar-refractivity contribution in [3.8, 4) is 0 Å². The minimum atomic E-state index is -0.0750. The van der Waals surface area contributed by atoms with Gasteiger partial charge in [0.1, 0.15) is 0 Å². The van der Waals surface area contributed by atoms with Crippen molar-refractivity contribution in [3.05, 3.63) is 76.9 Å². The standard InChI is InChI=1S/C19H21NO/c1-14-8-4-6-10-17(14)12-13-19(21)20-16(3)18-11-7-5-9-15(18)2/h4-13,16H,1-3H3,(H,20,21)/b13-12+. The number of carbonyl (C=O) groups excluding carboxylic acids is 1. The molecular weight excluding hydrogens is 258 g/mol. The Hall–Kier alpha value is -2.35. The highest BCUT2D eigenvalue weighted by molar-refractivity contribution is 5.92. The summed E-state index contributed by atoms with van der Waals surface area (Å²) in [4.78, 5) is 12.0. The second-order valence-electron chi connectivity index (χ2n) is 5.28. The van der Waals surface area contributed by atoms with Gasteiger partial charge in [-0.1, -0.05) is 48.5 Å². The minimum Gasteiger partial charge on any atom is -0.346 e. The van der Waals surface area contributed by atoms with Crippen LogP contribution in [0.4, 0.5) is 0 Å². The lowest BCUT2D eigenvalue weighted by Gasteiger charge is -2.15. The van der Waals surface area contributed by atoms with Gasteiger partial charge in [0.05, 0.1) is 6.04 Å². The molecule has 0 fully saturated rings. The smallest absolute Gasteiger partial charge is 0.244 e. The molecule has 1 atom stereocenters. The summed E-state index contributed by atoms with van der Waals surface area (Å²) in [5.74, 6) is -0.0750. The average Bonchev–Trinajstić information content (AvgIpc) is 2.46. The molecule has 0 aliphatic carbocycles. The molecule has 2 rings (SSSR count). The van der Waals surface area contributed by atoms with Gasteiger partial charge < -0.3 is 5.32 Å². The molecule has 21 heavy (non-hydrogen) atoms. The van der Waals surface area contributed by atoms with Crippen LogP contribution in [-0.4, -0.2) is 5.91 Å². The molecule has 0 aliphatic rings. The lowest BCUT2D eigenvalue weighted by Crippen LogP contribution is -2.25. The number of nitrogens with one attached hydrogen (secondary N) is 1. The number of benzene rings is 2. The molecule has 0 aliphatic heterocycles. The van der Waals surface area contributed by atoms with Crippen LogP contribution in [0.2, 0.25) is 0 Å². The van der Waals surface area contributed by atoms with E-state index in [0.29, 0.717) is 0 Å². The zero-order chi connectivity index (χ0) is 15.2. The van der Waals surface area contributed by atoms with Crippen LogP contribution in [0.3, 0.4) is 0 Å². The molecular formula is C19H21NO. The highest BCUT2D eigenvalue weighted by Crippen LogP contribution is 2.16. The van der Waals surface area contributed by atoms with Crippen LogP contribution in [0.5, 0.6) is 0 Å². The number of aryl methyl sites for hydroxylation is 2. The van der Waals surface area contributed by atoms with Crippen molar-refractivity contribution in [2.24, 2.45) is 0 Å². The van der Waals surface area contributed by atoms with E-state index in [1.807, 2.05) is 62.4 Å². The Kier molecular flexibility index (Phi) is 4.94. The SMILES string of the molecule is Cc1ccccc1/C=C/C(=O)NC(C)c1ccccc1C. The Morgan fingerprint density at radius 2 is 1.62 bits per heavy atom. The maximum absolute atomic E-state index is 12.0. The molecule has 1 N–H and O–H groups in total. The number of rotatable bonds is 4. The second kappa shape index (κ2) is 6.89. The molecule has 0 aromatic heterocycles. The van der Waals surface area contributed by atoms with Gasteiger partial charge in [0.15, 0.2) is 0 Å². The van der Waals surface area contributed by atoms with Gasteiger partial charge in [-0.25, -0.2) is 0 Å². The monoisotopic (exact) mass is 279 g/mol. The average molecular weight is 279 g/mol. The van der Waals surface area contributed by atoms with Gasteiger partial charge in [-0.15, -0.1) is 0 Å². The third kappa shape index (κ3) is 4.06. The van der Waals surface area contributed by atoms with Crippen LogP contribution in [-0.2, 0) is 4.79 Å². The topological polar surface area (TPSA) is 29.1 Å². The number of hydrogen-bond donors (Lipinski definition) is 1. The maximum Gasteiger partial charge on any atom is 0.244 e. The molecule has 1 amide bonds. The molecule has 0 heterocycles. The molecule has 1 unspecified atom stereocenters. The number of amides is 1. The van der Waals surface area contributed by atoms with Crippen molar-refractivity contribution in [3.63, 3.8) is 0 Å². The van der Waals surface area contributed by atoms with Crippen LogP contribution in [0.25, 0.3) is 6.08 Å². The zero-order valence-corrected chi connectivity index (χ0v) is 12.8. The van der Waals surface area contributed by atoms with Crippen molar-refractivity contribution in [2.45, 2.75) is 26.8 Å². The Balaban J connectivity index is 2.02. The summed E-state index contributed by atoms with van der Waals surface area (Å²) in [6.45, 7) is 6.09. The van der Waals surface area contributed by atoms with Gasteiger partial charge >= 0.3 is 0 Å². The number of carbonyl (C=O) groups is 1. The zero-order valence-electron chi connectivity index (χ0n) is 12.8. The van der Waals surface area contributed by atoms with Gasteiger partial charge in [0.2, 0.25) is 5.91 Å². The summed E-state index contributed by atoms with van der Waals surface area (Å²) in [6, 6.07) is 16.1. The summed E-state index contributed by atoms with van der Waals surface area (Å²) in [6.07, 6.45) is 3.45. The quantitative estimate of drug-likeness (QED) is 0.835. The van der Waals surface area contributed by atoms with E-state index in [1.165, 1.54) is 5.56 Å². The summed E-state index contributed by atoms with van der Waals surface area (Å²) < 4.78 is 0. The first kappa shape index (κ1) is 15.0. The lowest BCUT2D eigenvalue weighted by molar-refractivity contribution is -0.117. The summed E-state index contributed by atoms with van der Waals surface area (Å²) in [7, 11) is 0. The van der Waals surface area contributed by atoms with Crippen molar-refractivity contribution in [1.29, 1.82) is 0 Å². The molecule has 2 aromatic rings. The first-order valence-electron chi connectivity index (χ1n) is 7.17. The molecule has 0 bridgehead atoms. The van der Waals surface area contributed by atoms with Gasteiger partial charge in [-0.2, -0.15) is 0 Å². The van der Waals surface area contributed by atoms with E-state index in [0.717, 1.165) is 16.7 Å². The summed E-state index contributed by atoms with van der Waals surface area (Å²) >= 11 is 0. The molecule has 2 heteroatoms. The third-order valence-electron chi connectivity index (χ3n) is 3.62. The van der Waals surface area contributed by atoms with Crippen molar-refractivity contribution in [1.82, 2.24) is 5.32 Å². The second-order valence-corrected chi connectivity index (χ2v) is 5.28. The first-order chi connectivity index (χ1) is 10.1. The minimum absolute atomic E-state index is 0.000204. The Morgan fingerprint density at radius 1 is 1.00 bits per heavy atom. The molecule has 2 aromatic carbocycles. The molecule has 2 nitrogen and oxygen atoms in total. The lowest BCUT2D eigenvalue weighted by atomic mass is 10.0. The van der Waals surface area contributed by atoms with E-state index in [1.54, 1.807) is 6.08 Å². The largest absolute Gasteiger partial charge is 0.346 e. The molecule has 0 radical (unpaired) electrons. The van der Waals surface area contributed by atoms with Crippen LogP contribution >= 0.6 is 0 Å². The summed E-state index contributed by atoms with van der Waals surface area (Å²) in [5, 5.41) is 3.00. The Labute approximate surface area is 126 Å². The fourth-order valence-corrected chi connectivity index (χ4v) is 2.35. The van der Waals surface area contributed by atoms with Gasteiger partial charge in [0, 0.05) is 6.08 Å². The summed E-state index contributed by atoms with van der Waals surface area (Å²) in [5.41, 5.74) is 4.56. The molecule has 0 spiro atoms. The normalized spacial score (nSPS) is 12.3. The van der Waals surface area contributed by atoms with Crippen LogP contribution in [0.1, 0.15) is 35.2 Å². The number of hydrogen-bond acceptors (Lipinski definition) is 1. The predicted molar refractivity (Wildman–Crippen MR) is 87.9 cm³/mol. The molecule has 0 saturated heterocycles. The van der Waals surface area contributed by atoms with Crippen molar-refractivity contribution in [2.75, 3.05) is 0 Å². The van der Waals surface area contributed by atoms with E-state index in [-0.39, 0.29) is 11.9 Å².